The second-order valence-corrected chi connectivity index (χ2v) is 7.63. The minimum Gasteiger partial charge on any atom is -0.288 e. The van der Waals surface area contributed by atoms with E-state index in [1.54, 1.807) is 6.33 Å². The lowest BCUT2D eigenvalue weighted by molar-refractivity contribution is 0.199. The molecule has 0 atom stereocenters. The molecule has 3 heterocycles. The van der Waals surface area contributed by atoms with Crippen LogP contribution in [0.25, 0.3) is 5.69 Å². The maximum absolute atomic E-state index is 4.78. The van der Waals surface area contributed by atoms with Crippen molar-refractivity contribution in [3.63, 3.8) is 0 Å². The van der Waals surface area contributed by atoms with Crippen LogP contribution in [0.2, 0.25) is 0 Å². The summed E-state index contributed by atoms with van der Waals surface area (Å²) in [6.45, 7) is 10.2. The lowest BCUT2D eigenvalue weighted by atomic mass is 9.92. The Morgan fingerprint density at radius 2 is 1.88 bits per heavy atom. The first-order valence-electron chi connectivity index (χ1n) is 8.74. The Balaban J connectivity index is 1.52. The lowest BCUT2D eigenvalue weighted by Gasteiger charge is -2.27. The summed E-state index contributed by atoms with van der Waals surface area (Å²) in [5.74, 6) is 0.968. The summed E-state index contributed by atoms with van der Waals surface area (Å²) < 4.78 is 4.07. The maximum atomic E-state index is 4.78. The fourth-order valence-corrected chi connectivity index (χ4v) is 3.18. The van der Waals surface area contributed by atoms with Gasteiger partial charge in [-0.1, -0.05) is 39.0 Å². The largest absolute Gasteiger partial charge is 0.288 e. The second kappa shape index (κ2) is 6.11. The number of nitrogens with zero attached hydrogens (tertiary/aromatic N) is 6. The first kappa shape index (κ1) is 16.0. The van der Waals surface area contributed by atoms with E-state index in [0.29, 0.717) is 0 Å². The van der Waals surface area contributed by atoms with Crippen molar-refractivity contribution in [2.45, 2.75) is 45.8 Å². The van der Waals surface area contributed by atoms with Crippen LogP contribution < -0.4 is 0 Å². The molecular weight excluding hydrogens is 312 g/mol. The van der Waals surface area contributed by atoms with E-state index in [1.165, 1.54) is 5.69 Å². The van der Waals surface area contributed by atoms with Gasteiger partial charge < -0.3 is 0 Å². The van der Waals surface area contributed by atoms with Crippen molar-refractivity contribution in [3.8, 4) is 5.69 Å². The fourth-order valence-electron chi connectivity index (χ4n) is 3.18. The smallest absolute Gasteiger partial charge is 0.146 e. The van der Waals surface area contributed by atoms with E-state index < -0.39 is 0 Å². The molecule has 0 fully saturated rings. The van der Waals surface area contributed by atoms with Crippen molar-refractivity contribution < 1.29 is 0 Å². The average Bonchev–Trinajstić information content (AvgIpc) is 3.21. The van der Waals surface area contributed by atoms with Crippen molar-refractivity contribution in [1.29, 1.82) is 0 Å². The van der Waals surface area contributed by atoms with E-state index in [4.69, 9.17) is 5.10 Å². The predicted octanol–water partition coefficient (Wildman–Crippen LogP) is 2.78. The van der Waals surface area contributed by atoms with Crippen LogP contribution in [0, 0.1) is 0 Å². The Labute approximate surface area is 148 Å². The van der Waals surface area contributed by atoms with Crippen LogP contribution in [0.15, 0.2) is 42.7 Å². The summed E-state index contributed by atoms with van der Waals surface area (Å²) in [7, 11) is 0. The molecule has 0 unspecified atom stereocenters. The molecule has 1 aliphatic heterocycles. The molecule has 25 heavy (non-hydrogen) atoms. The summed E-state index contributed by atoms with van der Waals surface area (Å²) in [6, 6.07) is 12.4. The molecule has 6 heteroatoms. The summed E-state index contributed by atoms with van der Waals surface area (Å²) in [4.78, 5) is 6.88. The third-order valence-corrected chi connectivity index (χ3v) is 4.63. The summed E-state index contributed by atoms with van der Waals surface area (Å²) >= 11 is 0. The maximum Gasteiger partial charge on any atom is 0.146 e. The molecule has 0 saturated carbocycles. The topological polar surface area (TPSA) is 51.8 Å². The highest BCUT2D eigenvalue weighted by Gasteiger charge is 2.24. The van der Waals surface area contributed by atoms with Crippen molar-refractivity contribution in [2.75, 3.05) is 6.54 Å². The molecule has 0 bridgehead atoms. The number of para-hydroxylation sites is 1. The second-order valence-electron chi connectivity index (χ2n) is 7.63. The summed E-state index contributed by atoms with van der Waals surface area (Å²) in [5.41, 5.74) is 3.58. The van der Waals surface area contributed by atoms with Gasteiger partial charge in [-0.2, -0.15) is 10.2 Å². The van der Waals surface area contributed by atoms with Gasteiger partial charge in [-0.15, -0.1) is 0 Å². The van der Waals surface area contributed by atoms with Gasteiger partial charge in [0.1, 0.15) is 12.2 Å². The minimum atomic E-state index is 0.0860. The molecule has 0 amide bonds. The summed E-state index contributed by atoms with van der Waals surface area (Å²) in [5, 5.41) is 9.17. The molecule has 4 rings (SSSR count). The van der Waals surface area contributed by atoms with E-state index in [0.717, 1.165) is 43.4 Å². The molecule has 6 nitrogen and oxygen atoms in total. The van der Waals surface area contributed by atoms with Crippen molar-refractivity contribution in [1.82, 2.24) is 29.4 Å². The van der Waals surface area contributed by atoms with Gasteiger partial charge in [0.2, 0.25) is 0 Å². The molecule has 0 saturated heterocycles. The van der Waals surface area contributed by atoms with Crippen LogP contribution in [-0.2, 0) is 25.0 Å². The highest BCUT2D eigenvalue weighted by Crippen LogP contribution is 2.24. The highest BCUT2D eigenvalue weighted by molar-refractivity contribution is 5.30. The standard InChI is InChI=1S/C19H24N6/c1-19(2,3)17-11-16-12-23(9-10-24(16)22-17)13-18-20-14-21-25(18)15-7-5-4-6-8-15/h4-8,11,14H,9-10,12-13H2,1-3H3. The minimum absolute atomic E-state index is 0.0860. The van der Waals surface area contributed by atoms with E-state index >= 15 is 0 Å². The van der Waals surface area contributed by atoms with Crippen molar-refractivity contribution in [3.05, 3.63) is 59.9 Å². The van der Waals surface area contributed by atoms with Crippen LogP contribution >= 0.6 is 0 Å². The van der Waals surface area contributed by atoms with E-state index in [2.05, 4.69) is 58.6 Å². The van der Waals surface area contributed by atoms with Gasteiger partial charge in [0.05, 0.1) is 30.2 Å². The lowest BCUT2D eigenvalue weighted by Crippen LogP contribution is -2.34. The molecule has 0 spiro atoms. The molecule has 130 valence electrons. The highest BCUT2D eigenvalue weighted by atomic mass is 15.4. The molecular formula is C19H24N6. The first-order valence-corrected chi connectivity index (χ1v) is 8.74. The van der Waals surface area contributed by atoms with Crippen LogP contribution in [0.4, 0.5) is 0 Å². The monoisotopic (exact) mass is 336 g/mol. The number of rotatable bonds is 3. The zero-order chi connectivity index (χ0) is 17.4. The molecule has 2 aromatic heterocycles. The zero-order valence-electron chi connectivity index (χ0n) is 15.1. The van der Waals surface area contributed by atoms with Gasteiger partial charge in [0.25, 0.3) is 0 Å². The Hall–Kier alpha value is -2.47. The quantitative estimate of drug-likeness (QED) is 0.738. The van der Waals surface area contributed by atoms with Gasteiger partial charge >= 0.3 is 0 Å². The van der Waals surface area contributed by atoms with Gasteiger partial charge in [-0.25, -0.2) is 9.67 Å². The molecule has 1 aliphatic rings. The molecule has 0 radical (unpaired) electrons. The van der Waals surface area contributed by atoms with Crippen LogP contribution in [0.1, 0.15) is 38.0 Å². The Morgan fingerprint density at radius 3 is 2.64 bits per heavy atom. The normalized spacial score (nSPS) is 15.3. The molecule has 3 aromatic rings. The first-order chi connectivity index (χ1) is 12.0. The predicted molar refractivity (Wildman–Crippen MR) is 96.4 cm³/mol. The van der Waals surface area contributed by atoms with E-state index in [-0.39, 0.29) is 5.41 Å². The molecule has 0 aliphatic carbocycles. The molecule has 0 N–H and O–H groups in total. The van der Waals surface area contributed by atoms with Gasteiger partial charge in [-0.05, 0) is 18.2 Å². The van der Waals surface area contributed by atoms with Gasteiger partial charge in [-0.3, -0.25) is 9.58 Å². The number of fused-ring (bicyclic) bond motifs is 1. The van der Waals surface area contributed by atoms with Crippen LogP contribution in [-0.4, -0.2) is 36.0 Å². The van der Waals surface area contributed by atoms with Crippen molar-refractivity contribution in [2.24, 2.45) is 0 Å². The SMILES string of the molecule is CC(C)(C)c1cc2n(n1)CCN(Cc1ncnn1-c1ccccc1)C2. The number of aromatic nitrogens is 5. The Morgan fingerprint density at radius 1 is 1.08 bits per heavy atom. The van der Waals surface area contributed by atoms with Crippen LogP contribution in [0.3, 0.4) is 0 Å². The molecule has 1 aromatic carbocycles. The van der Waals surface area contributed by atoms with E-state index in [1.807, 2.05) is 22.9 Å². The third-order valence-electron chi connectivity index (χ3n) is 4.63. The van der Waals surface area contributed by atoms with Crippen molar-refractivity contribution >= 4 is 0 Å². The van der Waals surface area contributed by atoms with E-state index in [9.17, 15) is 0 Å². The van der Waals surface area contributed by atoms with Crippen LogP contribution in [0.5, 0.6) is 0 Å². The zero-order valence-corrected chi connectivity index (χ0v) is 15.1. The van der Waals surface area contributed by atoms with Gasteiger partial charge in [0.15, 0.2) is 0 Å². The van der Waals surface area contributed by atoms with Gasteiger partial charge in [0, 0.05) is 18.5 Å². The number of hydrogen-bond donors (Lipinski definition) is 0. The Bertz CT molecular complexity index is 856. The third kappa shape index (κ3) is 3.22. The average molecular weight is 336 g/mol. The number of benzene rings is 1. The number of hydrogen-bond acceptors (Lipinski definition) is 4. The fraction of sp³-hybridized carbons (Fsp3) is 0.421. The summed E-state index contributed by atoms with van der Waals surface area (Å²) in [6.07, 6.45) is 1.63. The Kier molecular flexibility index (Phi) is 3.92.